The summed E-state index contributed by atoms with van der Waals surface area (Å²) in [6.07, 6.45) is 5.98. The molecule has 1 aromatic carbocycles. The molecule has 0 spiro atoms. The van der Waals surface area contributed by atoms with Crippen LogP contribution in [0.1, 0.15) is 35.3 Å². The molecule has 1 aliphatic rings. The van der Waals surface area contributed by atoms with Gasteiger partial charge in [-0.15, -0.1) is 0 Å². The zero-order chi connectivity index (χ0) is 16.8. The van der Waals surface area contributed by atoms with Gasteiger partial charge in [0.15, 0.2) is 0 Å². The summed E-state index contributed by atoms with van der Waals surface area (Å²) in [5, 5.41) is 4.11. The summed E-state index contributed by atoms with van der Waals surface area (Å²) in [6.45, 7) is 2.48. The number of halogens is 1. The van der Waals surface area contributed by atoms with Crippen molar-refractivity contribution in [1.29, 1.82) is 0 Å². The number of aromatic nitrogens is 1. The third-order valence-electron chi connectivity index (χ3n) is 4.28. The number of pyridine rings is 1. The van der Waals surface area contributed by atoms with Gasteiger partial charge in [-0.1, -0.05) is 23.7 Å². The highest BCUT2D eigenvalue weighted by Gasteiger charge is 2.19. The molecule has 1 N–H and O–H groups in total. The van der Waals surface area contributed by atoms with E-state index in [2.05, 4.69) is 10.3 Å². The largest absolute Gasteiger partial charge is 0.385 e. The van der Waals surface area contributed by atoms with E-state index in [4.69, 9.17) is 11.6 Å². The zero-order valence-electron chi connectivity index (χ0n) is 13.7. The van der Waals surface area contributed by atoms with Crippen molar-refractivity contribution in [1.82, 2.24) is 9.88 Å². The summed E-state index contributed by atoms with van der Waals surface area (Å²) < 4.78 is 0. The number of benzene rings is 1. The first-order valence-corrected chi connectivity index (χ1v) is 8.84. The Morgan fingerprint density at radius 1 is 1.12 bits per heavy atom. The molecule has 0 saturated carbocycles. The number of nitrogens with one attached hydrogen (secondary N) is 1. The summed E-state index contributed by atoms with van der Waals surface area (Å²) >= 11 is 5.89. The standard InChI is InChI=1S/C19H22ClN3O/c20-16-6-4-15(5-7-16)8-10-21-17-9-11-22-18(14-17)19(24)23-12-2-1-3-13-23/h4-7,9,11,14H,1-3,8,10,12-13H2,(H,21,22). The van der Waals surface area contributed by atoms with Crippen molar-refractivity contribution >= 4 is 23.2 Å². The molecule has 1 aromatic heterocycles. The molecule has 4 nitrogen and oxygen atoms in total. The van der Waals surface area contributed by atoms with E-state index in [1.807, 2.05) is 41.3 Å². The Morgan fingerprint density at radius 3 is 2.62 bits per heavy atom. The lowest BCUT2D eigenvalue weighted by Gasteiger charge is -2.26. The Balaban J connectivity index is 1.56. The fraction of sp³-hybridized carbons (Fsp3) is 0.368. The predicted molar refractivity (Wildman–Crippen MR) is 97.6 cm³/mol. The molecule has 1 saturated heterocycles. The molecule has 1 fully saturated rings. The lowest BCUT2D eigenvalue weighted by Crippen LogP contribution is -2.36. The third-order valence-corrected chi connectivity index (χ3v) is 4.53. The molecule has 0 bridgehead atoms. The molecule has 24 heavy (non-hydrogen) atoms. The molecule has 1 amide bonds. The van der Waals surface area contributed by atoms with Crippen molar-refractivity contribution < 1.29 is 4.79 Å². The normalized spacial score (nSPS) is 14.5. The van der Waals surface area contributed by atoms with Crippen LogP contribution in [-0.2, 0) is 6.42 Å². The van der Waals surface area contributed by atoms with Crippen LogP contribution in [0, 0.1) is 0 Å². The first-order valence-electron chi connectivity index (χ1n) is 8.46. The van der Waals surface area contributed by atoms with Gasteiger partial charge in [0.1, 0.15) is 5.69 Å². The second kappa shape index (κ2) is 8.15. The van der Waals surface area contributed by atoms with Crippen molar-refractivity contribution in [3.05, 3.63) is 58.9 Å². The second-order valence-electron chi connectivity index (χ2n) is 6.09. The van der Waals surface area contributed by atoms with Crippen LogP contribution in [0.3, 0.4) is 0 Å². The monoisotopic (exact) mass is 343 g/mol. The minimum atomic E-state index is 0.0380. The number of amides is 1. The van der Waals surface area contributed by atoms with Crippen LogP contribution in [0.4, 0.5) is 5.69 Å². The molecule has 0 aliphatic carbocycles. The Morgan fingerprint density at radius 2 is 1.88 bits per heavy atom. The highest BCUT2D eigenvalue weighted by Crippen LogP contribution is 2.15. The van der Waals surface area contributed by atoms with Gasteiger partial charge in [-0.3, -0.25) is 9.78 Å². The summed E-state index contributed by atoms with van der Waals surface area (Å²) in [5.41, 5.74) is 2.68. The lowest BCUT2D eigenvalue weighted by atomic mass is 10.1. The number of carbonyl (C=O) groups is 1. The van der Waals surface area contributed by atoms with Gasteiger partial charge in [-0.25, -0.2) is 0 Å². The number of likely N-dealkylation sites (tertiary alicyclic amines) is 1. The van der Waals surface area contributed by atoms with Gasteiger partial charge in [0.25, 0.3) is 5.91 Å². The van der Waals surface area contributed by atoms with E-state index in [9.17, 15) is 4.79 Å². The van der Waals surface area contributed by atoms with E-state index in [-0.39, 0.29) is 5.91 Å². The zero-order valence-corrected chi connectivity index (χ0v) is 14.4. The van der Waals surface area contributed by atoms with Crippen molar-refractivity contribution in [2.24, 2.45) is 0 Å². The number of nitrogens with zero attached hydrogens (tertiary/aromatic N) is 2. The number of piperidine rings is 1. The number of hydrogen-bond acceptors (Lipinski definition) is 3. The Kier molecular flexibility index (Phi) is 5.70. The van der Waals surface area contributed by atoms with Crippen LogP contribution in [0.5, 0.6) is 0 Å². The molecule has 5 heteroatoms. The van der Waals surface area contributed by atoms with Gasteiger partial charge in [-0.2, -0.15) is 0 Å². The topological polar surface area (TPSA) is 45.2 Å². The van der Waals surface area contributed by atoms with E-state index >= 15 is 0 Å². The maximum atomic E-state index is 12.5. The molecule has 0 atom stereocenters. The maximum absolute atomic E-state index is 12.5. The van der Waals surface area contributed by atoms with Gasteiger partial charge in [-0.05, 0) is 55.5 Å². The maximum Gasteiger partial charge on any atom is 0.272 e. The summed E-state index contributed by atoms with van der Waals surface area (Å²) in [6, 6.07) is 11.6. The van der Waals surface area contributed by atoms with Gasteiger partial charge in [0, 0.05) is 36.5 Å². The smallest absolute Gasteiger partial charge is 0.272 e. The molecule has 126 valence electrons. The predicted octanol–water partition coefficient (Wildman–Crippen LogP) is 4.02. The molecular formula is C19H22ClN3O. The Hall–Kier alpha value is -2.07. The summed E-state index contributed by atoms with van der Waals surface area (Å²) in [4.78, 5) is 18.7. The fourth-order valence-corrected chi connectivity index (χ4v) is 3.04. The number of anilines is 1. The molecule has 2 aromatic rings. The Bertz CT molecular complexity index is 681. The van der Waals surface area contributed by atoms with Crippen LogP contribution in [0.25, 0.3) is 0 Å². The summed E-state index contributed by atoms with van der Waals surface area (Å²) in [7, 11) is 0. The van der Waals surface area contributed by atoms with E-state index in [1.54, 1.807) is 6.20 Å². The summed E-state index contributed by atoms with van der Waals surface area (Å²) in [5.74, 6) is 0.0380. The average molecular weight is 344 g/mol. The van der Waals surface area contributed by atoms with E-state index in [1.165, 1.54) is 12.0 Å². The first-order chi connectivity index (χ1) is 11.7. The van der Waals surface area contributed by atoms with Crippen LogP contribution in [0.2, 0.25) is 5.02 Å². The first kappa shape index (κ1) is 16.8. The molecule has 1 aliphatic heterocycles. The molecule has 0 unspecified atom stereocenters. The van der Waals surface area contributed by atoms with E-state index in [0.29, 0.717) is 5.69 Å². The highest BCUT2D eigenvalue weighted by molar-refractivity contribution is 6.30. The lowest BCUT2D eigenvalue weighted by molar-refractivity contribution is 0.0718. The number of rotatable bonds is 5. The quantitative estimate of drug-likeness (QED) is 0.892. The van der Waals surface area contributed by atoms with Crippen LogP contribution < -0.4 is 5.32 Å². The minimum absolute atomic E-state index is 0.0380. The highest BCUT2D eigenvalue weighted by atomic mass is 35.5. The number of hydrogen-bond donors (Lipinski definition) is 1. The van der Waals surface area contributed by atoms with Crippen molar-refractivity contribution in [3.8, 4) is 0 Å². The van der Waals surface area contributed by atoms with E-state index in [0.717, 1.165) is 49.6 Å². The van der Waals surface area contributed by atoms with Crippen molar-refractivity contribution in [2.75, 3.05) is 25.0 Å². The minimum Gasteiger partial charge on any atom is -0.385 e. The van der Waals surface area contributed by atoms with Gasteiger partial charge < -0.3 is 10.2 Å². The molecular weight excluding hydrogens is 322 g/mol. The van der Waals surface area contributed by atoms with Gasteiger partial charge in [0.2, 0.25) is 0 Å². The molecule has 0 radical (unpaired) electrons. The fourth-order valence-electron chi connectivity index (χ4n) is 2.92. The van der Waals surface area contributed by atoms with Gasteiger partial charge in [0.05, 0.1) is 0 Å². The molecule has 2 heterocycles. The average Bonchev–Trinajstić information content (AvgIpc) is 2.64. The van der Waals surface area contributed by atoms with Crippen LogP contribution in [0.15, 0.2) is 42.6 Å². The SMILES string of the molecule is O=C(c1cc(NCCc2ccc(Cl)cc2)ccn1)N1CCCCC1. The van der Waals surface area contributed by atoms with E-state index < -0.39 is 0 Å². The van der Waals surface area contributed by atoms with Crippen molar-refractivity contribution in [3.63, 3.8) is 0 Å². The van der Waals surface area contributed by atoms with Gasteiger partial charge >= 0.3 is 0 Å². The molecule has 3 rings (SSSR count). The third kappa shape index (κ3) is 4.48. The van der Waals surface area contributed by atoms with Crippen LogP contribution in [-0.4, -0.2) is 35.4 Å². The number of carbonyl (C=O) groups excluding carboxylic acids is 1. The van der Waals surface area contributed by atoms with Crippen LogP contribution >= 0.6 is 11.6 Å². The van der Waals surface area contributed by atoms with Crippen molar-refractivity contribution in [2.45, 2.75) is 25.7 Å². The Labute approximate surface area is 147 Å². The second-order valence-corrected chi connectivity index (χ2v) is 6.52.